The molecule has 1 aromatic carbocycles. The maximum Gasteiger partial charge on any atom is 0.274 e. The Morgan fingerprint density at radius 1 is 1.53 bits per heavy atom. The van der Waals surface area contributed by atoms with Gasteiger partial charge < -0.3 is 10.6 Å². The van der Waals surface area contributed by atoms with Gasteiger partial charge in [-0.1, -0.05) is 13.3 Å². The number of nitro groups is 1. The monoisotopic (exact) mass is 267 g/mol. The first-order valence-corrected chi connectivity index (χ1v) is 6.46. The third-order valence-corrected chi connectivity index (χ3v) is 3.76. The number of non-ortho nitro benzene ring substituents is 1. The molecule has 2 atom stereocenters. The number of piperidine rings is 1. The molecule has 0 aliphatic carbocycles. The Morgan fingerprint density at radius 3 is 2.89 bits per heavy atom. The van der Waals surface area contributed by atoms with Gasteiger partial charge in [-0.3, -0.25) is 10.1 Å². The van der Waals surface area contributed by atoms with Crippen LogP contribution in [0.5, 0.6) is 0 Å². The van der Waals surface area contributed by atoms with E-state index in [0.717, 1.165) is 25.5 Å². The fourth-order valence-corrected chi connectivity index (χ4v) is 2.56. The number of anilines is 1. The van der Waals surface area contributed by atoms with Crippen molar-refractivity contribution in [1.29, 1.82) is 0 Å². The summed E-state index contributed by atoms with van der Waals surface area (Å²) in [7, 11) is 0. The smallest absolute Gasteiger partial charge is 0.274 e. The van der Waals surface area contributed by atoms with Crippen LogP contribution in [0.2, 0.25) is 0 Å². The van der Waals surface area contributed by atoms with Gasteiger partial charge in [-0.15, -0.1) is 0 Å². The highest BCUT2D eigenvalue weighted by Crippen LogP contribution is 2.28. The molecule has 0 saturated carbocycles. The summed E-state index contributed by atoms with van der Waals surface area (Å²) < 4.78 is 13.4. The Morgan fingerprint density at radius 2 is 2.26 bits per heavy atom. The van der Waals surface area contributed by atoms with Gasteiger partial charge in [-0.25, -0.2) is 4.39 Å². The Bertz CT molecular complexity index is 481. The van der Waals surface area contributed by atoms with Gasteiger partial charge in [0.05, 0.1) is 11.0 Å². The maximum atomic E-state index is 13.4. The van der Waals surface area contributed by atoms with E-state index in [1.165, 1.54) is 12.1 Å². The molecular formula is C13H18FN3O2. The Labute approximate surface area is 111 Å². The number of nitrogens with zero attached hydrogens (tertiary/aromatic N) is 2. The molecule has 19 heavy (non-hydrogen) atoms. The normalized spacial score (nSPS) is 23.4. The van der Waals surface area contributed by atoms with Crippen LogP contribution in [-0.4, -0.2) is 24.1 Å². The summed E-state index contributed by atoms with van der Waals surface area (Å²) in [5.74, 6) is -0.233. The van der Waals surface area contributed by atoms with E-state index < -0.39 is 10.7 Å². The number of hydrogen-bond acceptors (Lipinski definition) is 4. The van der Waals surface area contributed by atoms with Crippen LogP contribution in [0, 0.1) is 21.8 Å². The average Bonchev–Trinajstić information content (AvgIpc) is 2.38. The van der Waals surface area contributed by atoms with Crippen molar-refractivity contribution in [1.82, 2.24) is 0 Å². The molecule has 1 aliphatic rings. The van der Waals surface area contributed by atoms with Crippen molar-refractivity contribution in [2.75, 3.05) is 18.0 Å². The SMILES string of the molecule is CCC1CN(c2cc(F)cc([N+](=O)[O-])c2)CCC1N. The van der Waals surface area contributed by atoms with Gasteiger partial charge >= 0.3 is 0 Å². The predicted octanol–water partition coefficient (Wildman–Crippen LogP) is 2.30. The van der Waals surface area contributed by atoms with Gasteiger partial charge in [-0.05, 0) is 18.4 Å². The maximum absolute atomic E-state index is 13.4. The molecule has 1 saturated heterocycles. The first kappa shape index (κ1) is 13.7. The van der Waals surface area contributed by atoms with Gasteiger partial charge in [0, 0.05) is 30.9 Å². The fraction of sp³-hybridized carbons (Fsp3) is 0.538. The van der Waals surface area contributed by atoms with Crippen molar-refractivity contribution in [3.8, 4) is 0 Å². The third kappa shape index (κ3) is 3.01. The Kier molecular flexibility index (Phi) is 3.99. The van der Waals surface area contributed by atoms with Crippen LogP contribution < -0.4 is 10.6 Å². The molecule has 1 fully saturated rings. The molecule has 1 aliphatic heterocycles. The van der Waals surface area contributed by atoms with Gasteiger partial charge in [0.1, 0.15) is 5.82 Å². The number of nitro benzene ring substituents is 1. The number of benzene rings is 1. The molecule has 1 heterocycles. The summed E-state index contributed by atoms with van der Waals surface area (Å²) in [6.45, 7) is 3.50. The molecule has 0 radical (unpaired) electrons. The van der Waals surface area contributed by atoms with E-state index >= 15 is 0 Å². The third-order valence-electron chi connectivity index (χ3n) is 3.76. The minimum absolute atomic E-state index is 0.157. The van der Waals surface area contributed by atoms with Crippen molar-refractivity contribution < 1.29 is 9.31 Å². The van der Waals surface area contributed by atoms with Crippen LogP contribution in [-0.2, 0) is 0 Å². The van der Waals surface area contributed by atoms with E-state index in [0.29, 0.717) is 18.2 Å². The predicted molar refractivity (Wildman–Crippen MR) is 71.6 cm³/mol. The number of halogens is 1. The molecule has 0 amide bonds. The molecule has 2 N–H and O–H groups in total. The van der Waals surface area contributed by atoms with Crippen molar-refractivity contribution in [3.63, 3.8) is 0 Å². The molecule has 1 aromatic rings. The Balaban J connectivity index is 2.24. The zero-order valence-corrected chi connectivity index (χ0v) is 10.9. The van der Waals surface area contributed by atoms with E-state index in [1.54, 1.807) is 0 Å². The lowest BCUT2D eigenvalue weighted by molar-refractivity contribution is -0.385. The van der Waals surface area contributed by atoms with Gasteiger partial charge in [0.15, 0.2) is 0 Å². The standard InChI is InChI=1S/C13H18FN3O2/c1-2-9-8-16(4-3-13(9)15)11-5-10(14)6-12(7-11)17(18)19/h5-7,9,13H,2-4,8,15H2,1H3. The van der Waals surface area contributed by atoms with E-state index in [1.807, 2.05) is 4.90 Å². The first-order chi connectivity index (χ1) is 9.01. The highest BCUT2D eigenvalue weighted by atomic mass is 19.1. The molecule has 104 valence electrons. The summed E-state index contributed by atoms with van der Waals surface area (Å²) in [6.07, 6.45) is 1.78. The summed E-state index contributed by atoms with van der Waals surface area (Å²) in [5, 5.41) is 10.8. The Hall–Kier alpha value is -1.69. The first-order valence-electron chi connectivity index (χ1n) is 6.46. The average molecular weight is 267 g/mol. The molecule has 0 bridgehead atoms. The van der Waals surface area contributed by atoms with E-state index in [-0.39, 0.29) is 11.7 Å². The number of rotatable bonds is 3. The molecule has 2 unspecified atom stereocenters. The summed E-state index contributed by atoms with van der Waals surface area (Å²) in [6, 6.07) is 3.87. The fourth-order valence-electron chi connectivity index (χ4n) is 2.56. The van der Waals surface area contributed by atoms with Crippen LogP contribution in [0.3, 0.4) is 0 Å². The van der Waals surface area contributed by atoms with Crippen LogP contribution in [0.4, 0.5) is 15.8 Å². The lowest BCUT2D eigenvalue weighted by Crippen LogP contribution is -2.47. The number of hydrogen-bond donors (Lipinski definition) is 1. The van der Waals surface area contributed by atoms with Crippen molar-refractivity contribution in [2.45, 2.75) is 25.8 Å². The molecule has 0 aromatic heterocycles. The van der Waals surface area contributed by atoms with Crippen LogP contribution in [0.25, 0.3) is 0 Å². The van der Waals surface area contributed by atoms with Crippen LogP contribution in [0.1, 0.15) is 19.8 Å². The minimum Gasteiger partial charge on any atom is -0.371 e. The molecule has 0 spiro atoms. The summed E-state index contributed by atoms with van der Waals surface area (Å²) in [5.41, 5.74) is 6.39. The second-order valence-electron chi connectivity index (χ2n) is 4.99. The quantitative estimate of drug-likeness (QED) is 0.673. The molecule has 6 heteroatoms. The van der Waals surface area contributed by atoms with Gasteiger partial charge in [-0.2, -0.15) is 0 Å². The van der Waals surface area contributed by atoms with Crippen LogP contribution >= 0.6 is 0 Å². The van der Waals surface area contributed by atoms with Gasteiger partial charge in [0.2, 0.25) is 0 Å². The largest absolute Gasteiger partial charge is 0.371 e. The lowest BCUT2D eigenvalue weighted by Gasteiger charge is -2.37. The van der Waals surface area contributed by atoms with Crippen molar-refractivity contribution in [2.24, 2.45) is 11.7 Å². The zero-order chi connectivity index (χ0) is 14.0. The lowest BCUT2D eigenvalue weighted by atomic mass is 9.90. The minimum atomic E-state index is -0.577. The highest BCUT2D eigenvalue weighted by Gasteiger charge is 2.26. The highest BCUT2D eigenvalue weighted by molar-refractivity contribution is 5.54. The van der Waals surface area contributed by atoms with E-state index in [4.69, 9.17) is 5.73 Å². The van der Waals surface area contributed by atoms with E-state index in [9.17, 15) is 14.5 Å². The zero-order valence-electron chi connectivity index (χ0n) is 10.9. The second-order valence-corrected chi connectivity index (χ2v) is 4.99. The molecule has 5 nitrogen and oxygen atoms in total. The van der Waals surface area contributed by atoms with Crippen LogP contribution in [0.15, 0.2) is 18.2 Å². The topological polar surface area (TPSA) is 72.4 Å². The molecular weight excluding hydrogens is 249 g/mol. The van der Waals surface area contributed by atoms with E-state index in [2.05, 4.69) is 6.92 Å². The summed E-state index contributed by atoms with van der Waals surface area (Å²) in [4.78, 5) is 12.2. The van der Waals surface area contributed by atoms with Crippen molar-refractivity contribution >= 4 is 11.4 Å². The second kappa shape index (κ2) is 5.52. The number of nitrogens with two attached hydrogens (primary N) is 1. The summed E-state index contributed by atoms with van der Waals surface area (Å²) >= 11 is 0. The molecule has 2 rings (SSSR count). The van der Waals surface area contributed by atoms with Crippen molar-refractivity contribution in [3.05, 3.63) is 34.1 Å². The van der Waals surface area contributed by atoms with Gasteiger partial charge in [0.25, 0.3) is 5.69 Å².